The van der Waals surface area contributed by atoms with Crippen molar-refractivity contribution in [2.75, 3.05) is 26.2 Å². The van der Waals surface area contributed by atoms with Crippen LogP contribution in [0.1, 0.15) is 51.4 Å². The Hall–Kier alpha value is -0.320. The molecule has 0 radical (unpaired) electrons. The maximum absolute atomic E-state index is 12.2. The highest BCUT2D eigenvalue weighted by atomic mass is 35.5. The largest absolute Gasteiger partial charge is 0.352 e. The van der Waals surface area contributed by atoms with E-state index in [0.717, 1.165) is 31.6 Å². The number of halogens is 1. The highest BCUT2D eigenvalue weighted by molar-refractivity contribution is 5.85. The Morgan fingerprint density at radius 3 is 2.62 bits per heavy atom. The first-order valence-corrected chi connectivity index (χ1v) is 8.56. The van der Waals surface area contributed by atoms with Gasteiger partial charge in [-0.15, -0.1) is 12.4 Å². The molecule has 2 heterocycles. The molecule has 0 aromatic rings. The van der Waals surface area contributed by atoms with Gasteiger partial charge in [-0.2, -0.15) is 0 Å². The van der Waals surface area contributed by atoms with Gasteiger partial charge in [0.05, 0.1) is 6.54 Å². The highest BCUT2D eigenvalue weighted by Crippen LogP contribution is 2.24. The molecule has 4 nitrogen and oxygen atoms in total. The lowest BCUT2D eigenvalue weighted by molar-refractivity contribution is -0.123. The van der Waals surface area contributed by atoms with Crippen molar-refractivity contribution >= 4 is 18.3 Å². The summed E-state index contributed by atoms with van der Waals surface area (Å²) in [5, 5.41) is 6.85. The Morgan fingerprint density at radius 1 is 1.10 bits per heavy atom. The van der Waals surface area contributed by atoms with Crippen molar-refractivity contribution in [3.8, 4) is 0 Å². The molecule has 2 unspecified atom stereocenters. The molecule has 21 heavy (non-hydrogen) atoms. The van der Waals surface area contributed by atoms with Crippen LogP contribution < -0.4 is 10.6 Å². The summed E-state index contributed by atoms with van der Waals surface area (Å²) in [4.78, 5) is 14.6. The van der Waals surface area contributed by atoms with Crippen molar-refractivity contribution in [2.45, 2.75) is 63.5 Å². The molecule has 3 rings (SSSR count). The number of fused-ring (bicyclic) bond motifs is 1. The lowest BCUT2D eigenvalue weighted by Gasteiger charge is -2.34. The maximum atomic E-state index is 12.2. The third-order valence-corrected chi connectivity index (χ3v) is 5.33. The fourth-order valence-electron chi connectivity index (χ4n) is 4.17. The van der Waals surface area contributed by atoms with Crippen LogP contribution in [-0.2, 0) is 4.79 Å². The molecule has 0 aromatic heterocycles. The van der Waals surface area contributed by atoms with Gasteiger partial charge < -0.3 is 10.6 Å². The van der Waals surface area contributed by atoms with E-state index in [0.29, 0.717) is 12.6 Å². The number of amides is 1. The molecule has 3 aliphatic rings. The predicted octanol–water partition coefficient (Wildman–Crippen LogP) is 1.93. The summed E-state index contributed by atoms with van der Waals surface area (Å²) in [6.45, 7) is 3.96. The third kappa shape index (κ3) is 4.83. The smallest absolute Gasteiger partial charge is 0.234 e. The molecule has 3 fully saturated rings. The SMILES string of the molecule is Cl.O=C(CN1CCC2NCCC2C1)NC1CCCCCC1. The third-order valence-electron chi connectivity index (χ3n) is 5.33. The second kappa shape index (κ2) is 8.35. The Morgan fingerprint density at radius 2 is 1.86 bits per heavy atom. The van der Waals surface area contributed by atoms with E-state index in [1.807, 2.05) is 0 Å². The average molecular weight is 316 g/mol. The fourth-order valence-corrected chi connectivity index (χ4v) is 4.17. The van der Waals surface area contributed by atoms with Crippen molar-refractivity contribution < 1.29 is 4.79 Å². The van der Waals surface area contributed by atoms with Gasteiger partial charge >= 0.3 is 0 Å². The van der Waals surface area contributed by atoms with Crippen LogP contribution in [0.3, 0.4) is 0 Å². The van der Waals surface area contributed by atoms with Gasteiger partial charge in [0, 0.05) is 25.2 Å². The molecule has 2 atom stereocenters. The molecular formula is C16H30ClN3O. The molecule has 122 valence electrons. The van der Waals surface area contributed by atoms with Crippen molar-refractivity contribution in [3.63, 3.8) is 0 Å². The van der Waals surface area contributed by atoms with Crippen molar-refractivity contribution in [2.24, 2.45) is 5.92 Å². The van der Waals surface area contributed by atoms with Crippen molar-refractivity contribution in [3.05, 3.63) is 0 Å². The standard InChI is InChI=1S/C16H29N3O.ClH/c20-16(18-14-5-3-1-2-4-6-14)12-19-10-8-15-13(11-19)7-9-17-15;/h13-15,17H,1-12H2,(H,18,20);1H. The monoisotopic (exact) mass is 315 g/mol. The van der Waals surface area contributed by atoms with E-state index in [9.17, 15) is 4.79 Å². The number of carbonyl (C=O) groups excluding carboxylic acids is 1. The van der Waals surface area contributed by atoms with Gasteiger partial charge in [0.15, 0.2) is 0 Å². The molecule has 2 aliphatic heterocycles. The zero-order chi connectivity index (χ0) is 13.8. The van der Waals surface area contributed by atoms with Gasteiger partial charge in [-0.25, -0.2) is 0 Å². The Kier molecular flexibility index (Phi) is 6.77. The molecular weight excluding hydrogens is 286 g/mol. The van der Waals surface area contributed by atoms with Crippen LogP contribution in [0, 0.1) is 5.92 Å². The maximum Gasteiger partial charge on any atom is 0.234 e. The van der Waals surface area contributed by atoms with Crippen LogP contribution in [0.2, 0.25) is 0 Å². The summed E-state index contributed by atoms with van der Waals surface area (Å²) >= 11 is 0. The first-order chi connectivity index (χ1) is 9.81. The minimum atomic E-state index is 0. The number of piperidine rings is 1. The topological polar surface area (TPSA) is 44.4 Å². The number of rotatable bonds is 3. The number of nitrogens with zero attached hydrogens (tertiary/aromatic N) is 1. The van der Waals surface area contributed by atoms with E-state index in [4.69, 9.17) is 0 Å². The van der Waals surface area contributed by atoms with Gasteiger partial charge in [-0.05, 0) is 38.1 Å². The van der Waals surface area contributed by atoms with Crippen LogP contribution in [0.4, 0.5) is 0 Å². The molecule has 2 saturated heterocycles. The summed E-state index contributed by atoms with van der Waals surface area (Å²) in [5.41, 5.74) is 0. The number of nitrogens with one attached hydrogen (secondary N) is 2. The zero-order valence-electron chi connectivity index (χ0n) is 13.0. The Bertz CT molecular complexity index is 331. The van der Waals surface area contributed by atoms with Crippen LogP contribution >= 0.6 is 12.4 Å². The first kappa shape index (κ1) is 17.0. The van der Waals surface area contributed by atoms with E-state index >= 15 is 0 Å². The van der Waals surface area contributed by atoms with Crippen LogP contribution in [0.5, 0.6) is 0 Å². The number of carbonyl (C=O) groups is 1. The van der Waals surface area contributed by atoms with Crippen LogP contribution in [0.15, 0.2) is 0 Å². The van der Waals surface area contributed by atoms with Crippen LogP contribution in [0.25, 0.3) is 0 Å². The number of likely N-dealkylation sites (tertiary alicyclic amines) is 1. The molecule has 2 N–H and O–H groups in total. The summed E-state index contributed by atoms with van der Waals surface area (Å²) in [6.07, 6.45) is 10.1. The Labute approximate surface area is 134 Å². The van der Waals surface area contributed by atoms with E-state index in [1.54, 1.807) is 0 Å². The minimum Gasteiger partial charge on any atom is -0.352 e. The van der Waals surface area contributed by atoms with E-state index in [2.05, 4.69) is 15.5 Å². The number of hydrogen-bond donors (Lipinski definition) is 2. The van der Waals surface area contributed by atoms with Crippen LogP contribution in [-0.4, -0.2) is 49.1 Å². The summed E-state index contributed by atoms with van der Waals surface area (Å²) in [5.74, 6) is 1.02. The van der Waals surface area contributed by atoms with Gasteiger partial charge in [-0.1, -0.05) is 25.7 Å². The zero-order valence-corrected chi connectivity index (χ0v) is 13.8. The van der Waals surface area contributed by atoms with Crippen molar-refractivity contribution in [1.29, 1.82) is 0 Å². The molecule has 0 bridgehead atoms. The molecule has 1 saturated carbocycles. The average Bonchev–Trinajstić information content (AvgIpc) is 2.75. The normalized spacial score (nSPS) is 31.0. The highest BCUT2D eigenvalue weighted by Gasteiger charge is 2.33. The van der Waals surface area contributed by atoms with Gasteiger partial charge in [0.2, 0.25) is 5.91 Å². The fraction of sp³-hybridized carbons (Fsp3) is 0.938. The van der Waals surface area contributed by atoms with Gasteiger partial charge in [-0.3, -0.25) is 9.69 Å². The Balaban J connectivity index is 0.00000161. The number of hydrogen-bond acceptors (Lipinski definition) is 3. The summed E-state index contributed by atoms with van der Waals surface area (Å²) < 4.78 is 0. The quantitative estimate of drug-likeness (QED) is 0.782. The van der Waals surface area contributed by atoms with Gasteiger partial charge in [0.25, 0.3) is 0 Å². The summed E-state index contributed by atoms with van der Waals surface area (Å²) in [6, 6.07) is 1.16. The lowest BCUT2D eigenvalue weighted by Crippen LogP contribution is -2.49. The van der Waals surface area contributed by atoms with Crippen molar-refractivity contribution in [1.82, 2.24) is 15.5 Å². The first-order valence-electron chi connectivity index (χ1n) is 8.56. The minimum absolute atomic E-state index is 0. The van der Waals surface area contributed by atoms with E-state index in [1.165, 1.54) is 51.4 Å². The second-order valence-electron chi connectivity index (χ2n) is 6.89. The predicted molar refractivity (Wildman–Crippen MR) is 87.8 cm³/mol. The van der Waals surface area contributed by atoms with Gasteiger partial charge in [0.1, 0.15) is 0 Å². The van der Waals surface area contributed by atoms with E-state index < -0.39 is 0 Å². The van der Waals surface area contributed by atoms with E-state index in [-0.39, 0.29) is 18.3 Å². The lowest BCUT2D eigenvalue weighted by atomic mass is 9.93. The molecule has 0 spiro atoms. The molecule has 1 amide bonds. The summed E-state index contributed by atoms with van der Waals surface area (Å²) in [7, 11) is 0. The second-order valence-corrected chi connectivity index (χ2v) is 6.89. The molecule has 0 aromatic carbocycles. The molecule has 5 heteroatoms. The molecule has 1 aliphatic carbocycles.